The maximum absolute atomic E-state index is 8.91. The van der Waals surface area contributed by atoms with E-state index in [9.17, 15) is 0 Å². The monoisotopic (exact) mass is 471 g/mol. The molecule has 5 heteroatoms. The van der Waals surface area contributed by atoms with Crippen LogP contribution in [-0.2, 0) is 0 Å². The summed E-state index contributed by atoms with van der Waals surface area (Å²) < 4.78 is 11.8. The van der Waals surface area contributed by atoms with Crippen molar-refractivity contribution in [2.45, 2.75) is 45.4 Å². The summed E-state index contributed by atoms with van der Waals surface area (Å²) in [6.07, 6.45) is 7.44. The summed E-state index contributed by atoms with van der Waals surface area (Å²) in [6.45, 7) is 7.48. The van der Waals surface area contributed by atoms with Gasteiger partial charge in [-0.2, -0.15) is 10.5 Å². The molecule has 0 radical (unpaired) electrons. The van der Waals surface area contributed by atoms with E-state index in [2.05, 4.69) is 24.0 Å². The van der Waals surface area contributed by atoms with Gasteiger partial charge in [-0.1, -0.05) is 13.3 Å². The van der Waals surface area contributed by atoms with Crippen LogP contribution in [0, 0.1) is 46.3 Å². The third-order valence-electron chi connectivity index (χ3n) is 7.89. The van der Waals surface area contributed by atoms with E-state index in [0.29, 0.717) is 11.1 Å². The van der Waals surface area contributed by atoms with E-state index in [0.717, 1.165) is 67.8 Å². The average molecular weight is 472 g/mol. The number of fused-ring (bicyclic) bond motifs is 1. The van der Waals surface area contributed by atoms with Gasteiger partial charge in [0.05, 0.1) is 36.5 Å². The Bertz CT molecular complexity index is 1010. The van der Waals surface area contributed by atoms with Gasteiger partial charge in [-0.25, -0.2) is 0 Å². The zero-order valence-corrected chi connectivity index (χ0v) is 20.9. The molecule has 0 aromatic heterocycles. The lowest BCUT2D eigenvalue weighted by Gasteiger charge is -2.37. The van der Waals surface area contributed by atoms with Crippen LogP contribution < -0.4 is 9.47 Å². The van der Waals surface area contributed by atoms with Gasteiger partial charge < -0.3 is 14.4 Å². The lowest BCUT2D eigenvalue weighted by molar-refractivity contribution is 0.131. The average Bonchev–Trinajstić information content (AvgIpc) is 3.33. The summed E-state index contributed by atoms with van der Waals surface area (Å²) in [7, 11) is 0. The van der Waals surface area contributed by atoms with Crippen molar-refractivity contribution < 1.29 is 9.47 Å². The molecule has 1 saturated heterocycles. The Hall–Kier alpha value is -3.02. The minimum Gasteiger partial charge on any atom is -0.494 e. The van der Waals surface area contributed by atoms with Crippen LogP contribution in [0.3, 0.4) is 0 Å². The minimum atomic E-state index is 0.666. The number of benzene rings is 2. The Morgan fingerprint density at radius 3 is 2.06 bits per heavy atom. The molecule has 4 atom stereocenters. The number of hydrogen-bond donors (Lipinski definition) is 0. The minimum absolute atomic E-state index is 0.666. The first kappa shape index (κ1) is 25.1. The van der Waals surface area contributed by atoms with Crippen molar-refractivity contribution in [3.05, 3.63) is 59.7 Å². The molecule has 2 aliphatic rings. The van der Waals surface area contributed by atoms with Crippen LogP contribution in [0.25, 0.3) is 0 Å². The highest BCUT2D eigenvalue weighted by Gasteiger charge is 2.41. The SMILES string of the molecule is CC(CCCOc1ccc(C#N)cc1)C1CCCC2CN(CCCOc3ccc(C#N)cc3)CC21. The number of nitrogens with zero attached hydrogens (tertiary/aromatic N) is 3. The Labute approximate surface area is 210 Å². The molecule has 0 spiro atoms. The third kappa shape index (κ3) is 7.00. The van der Waals surface area contributed by atoms with E-state index in [-0.39, 0.29) is 0 Å². The van der Waals surface area contributed by atoms with Crippen molar-refractivity contribution in [3.8, 4) is 23.6 Å². The lowest BCUT2D eigenvalue weighted by atomic mass is 9.68. The zero-order chi connectivity index (χ0) is 24.5. The molecule has 4 unspecified atom stereocenters. The summed E-state index contributed by atoms with van der Waals surface area (Å²) in [6, 6.07) is 19.0. The summed E-state index contributed by atoms with van der Waals surface area (Å²) in [5.41, 5.74) is 1.34. The third-order valence-corrected chi connectivity index (χ3v) is 7.89. The lowest BCUT2D eigenvalue weighted by Crippen LogP contribution is -2.32. The van der Waals surface area contributed by atoms with E-state index in [1.807, 2.05) is 36.4 Å². The summed E-state index contributed by atoms with van der Waals surface area (Å²) in [5.74, 6) is 4.93. The van der Waals surface area contributed by atoms with Gasteiger partial charge in [0.15, 0.2) is 0 Å². The second-order valence-corrected chi connectivity index (χ2v) is 10.2. The number of hydrogen-bond acceptors (Lipinski definition) is 5. The molecule has 1 aliphatic carbocycles. The molecule has 1 aliphatic heterocycles. The van der Waals surface area contributed by atoms with Gasteiger partial charge in [-0.05, 0) is 104 Å². The van der Waals surface area contributed by atoms with Gasteiger partial charge in [0.25, 0.3) is 0 Å². The van der Waals surface area contributed by atoms with Gasteiger partial charge in [0, 0.05) is 19.6 Å². The van der Waals surface area contributed by atoms with Crippen LogP contribution in [0.1, 0.15) is 56.6 Å². The molecule has 4 rings (SSSR count). The summed E-state index contributed by atoms with van der Waals surface area (Å²) >= 11 is 0. The molecule has 5 nitrogen and oxygen atoms in total. The fourth-order valence-corrected chi connectivity index (χ4v) is 6.04. The Morgan fingerprint density at radius 2 is 1.46 bits per heavy atom. The van der Waals surface area contributed by atoms with Crippen molar-refractivity contribution in [3.63, 3.8) is 0 Å². The van der Waals surface area contributed by atoms with E-state index in [1.54, 1.807) is 12.1 Å². The second-order valence-electron chi connectivity index (χ2n) is 10.2. The molecular formula is C30H37N3O2. The van der Waals surface area contributed by atoms with E-state index >= 15 is 0 Å². The number of nitriles is 2. The van der Waals surface area contributed by atoms with Crippen molar-refractivity contribution >= 4 is 0 Å². The van der Waals surface area contributed by atoms with E-state index < -0.39 is 0 Å². The Kier molecular flexibility index (Phi) is 9.04. The van der Waals surface area contributed by atoms with Gasteiger partial charge in [-0.3, -0.25) is 0 Å². The quantitative estimate of drug-likeness (QED) is 0.374. The molecule has 0 bridgehead atoms. The van der Waals surface area contributed by atoms with E-state index in [4.69, 9.17) is 20.0 Å². The number of rotatable bonds is 11. The largest absolute Gasteiger partial charge is 0.494 e. The van der Waals surface area contributed by atoms with Gasteiger partial charge in [0.1, 0.15) is 11.5 Å². The topological polar surface area (TPSA) is 69.3 Å². The Balaban J connectivity index is 1.16. The number of likely N-dealkylation sites (tertiary alicyclic amines) is 1. The van der Waals surface area contributed by atoms with Gasteiger partial charge in [0.2, 0.25) is 0 Å². The maximum Gasteiger partial charge on any atom is 0.119 e. The Morgan fingerprint density at radius 1 is 0.857 bits per heavy atom. The van der Waals surface area contributed by atoms with Crippen molar-refractivity contribution in [1.82, 2.24) is 4.90 Å². The fourth-order valence-electron chi connectivity index (χ4n) is 6.04. The first-order valence-electron chi connectivity index (χ1n) is 13.1. The molecule has 35 heavy (non-hydrogen) atoms. The molecule has 2 aromatic rings. The molecule has 0 N–H and O–H groups in total. The standard InChI is InChI=1S/C30H37N3O2/c1-23(5-3-17-34-27-12-8-24(19-31)9-13-27)29-7-2-6-26-21-33(22-30(26)29)16-4-18-35-28-14-10-25(20-32)11-15-28/h8-15,23,26,29-30H,2-7,16-18,21-22H2,1H3. The zero-order valence-electron chi connectivity index (χ0n) is 20.9. The first-order valence-corrected chi connectivity index (χ1v) is 13.1. The fraction of sp³-hybridized carbons (Fsp3) is 0.533. The number of ether oxygens (including phenoxy) is 2. The van der Waals surface area contributed by atoms with Crippen LogP contribution >= 0.6 is 0 Å². The first-order chi connectivity index (χ1) is 17.2. The molecular weight excluding hydrogens is 434 g/mol. The molecule has 2 aromatic carbocycles. The predicted molar refractivity (Wildman–Crippen MR) is 137 cm³/mol. The van der Waals surface area contributed by atoms with Crippen molar-refractivity contribution in [2.75, 3.05) is 32.8 Å². The summed E-state index contributed by atoms with van der Waals surface area (Å²) in [4.78, 5) is 2.66. The van der Waals surface area contributed by atoms with Crippen molar-refractivity contribution in [1.29, 1.82) is 10.5 Å². The van der Waals surface area contributed by atoms with Crippen LogP contribution in [0.15, 0.2) is 48.5 Å². The van der Waals surface area contributed by atoms with Gasteiger partial charge in [-0.15, -0.1) is 0 Å². The normalized spacial score (nSPS) is 22.5. The maximum atomic E-state index is 8.91. The second kappa shape index (κ2) is 12.6. The molecule has 0 amide bonds. The smallest absolute Gasteiger partial charge is 0.119 e. The highest BCUT2D eigenvalue weighted by atomic mass is 16.5. The van der Waals surface area contributed by atoms with Crippen LogP contribution in [0.4, 0.5) is 0 Å². The van der Waals surface area contributed by atoms with Crippen LogP contribution in [-0.4, -0.2) is 37.7 Å². The molecule has 2 fully saturated rings. The van der Waals surface area contributed by atoms with Crippen LogP contribution in [0.2, 0.25) is 0 Å². The van der Waals surface area contributed by atoms with E-state index in [1.165, 1.54) is 38.8 Å². The van der Waals surface area contributed by atoms with Crippen LogP contribution in [0.5, 0.6) is 11.5 Å². The summed E-state index contributed by atoms with van der Waals surface area (Å²) in [5, 5.41) is 17.8. The molecule has 1 saturated carbocycles. The molecule has 184 valence electrons. The highest BCUT2D eigenvalue weighted by Crippen LogP contribution is 2.44. The van der Waals surface area contributed by atoms with Gasteiger partial charge >= 0.3 is 0 Å². The highest BCUT2D eigenvalue weighted by molar-refractivity contribution is 5.35. The predicted octanol–water partition coefficient (Wildman–Crippen LogP) is 6.04. The molecule has 1 heterocycles. The van der Waals surface area contributed by atoms with Crippen molar-refractivity contribution in [2.24, 2.45) is 23.7 Å².